The van der Waals surface area contributed by atoms with Crippen molar-refractivity contribution in [2.24, 2.45) is 23.7 Å². The van der Waals surface area contributed by atoms with Crippen molar-refractivity contribution in [1.29, 1.82) is 0 Å². The molecule has 1 aromatic rings. The Hall–Kier alpha value is -1.08. The molecule has 1 heterocycles. The molecule has 1 saturated heterocycles. The van der Waals surface area contributed by atoms with E-state index in [0.717, 1.165) is 10.9 Å². The molecule has 0 spiro atoms. The Balaban J connectivity index is 1.60. The summed E-state index contributed by atoms with van der Waals surface area (Å²) >= 11 is 7.00. The number of ether oxygens (including phenoxy) is 2. The number of fused-ring (bicyclic) bond motifs is 1. The molecule has 6 atom stereocenters. The van der Waals surface area contributed by atoms with Crippen LogP contribution in [-0.4, -0.2) is 29.9 Å². The Labute approximate surface area is 150 Å². The van der Waals surface area contributed by atoms with E-state index in [0.29, 0.717) is 11.4 Å². The lowest BCUT2D eigenvalue weighted by atomic mass is 9.79. The molecule has 1 amide bonds. The van der Waals surface area contributed by atoms with Crippen LogP contribution in [0.2, 0.25) is 0 Å². The third-order valence-electron chi connectivity index (χ3n) is 5.25. The maximum atomic E-state index is 12.8. The minimum absolute atomic E-state index is 0.0660. The lowest BCUT2D eigenvalue weighted by molar-refractivity contribution is -0.145. The number of rotatable bonds is 3. The normalized spacial score (nSPS) is 36.9. The molecule has 3 aliphatic rings. The zero-order valence-electron chi connectivity index (χ0n) is 12.3. The van der Waals surface area contributed by atoms with Crippen LogP contribution in [0.3, 0.4) is 0 Å². The number of alkyl halides is 1. The number of halogens is 2. The van der Waals surface area contributed by atoms with Gasteiger partial charge in [0.2, 0.25) is 5.91 Å². The third kappa shape index (κ3) is 2.23. The Morgan fingerprint density at radius 1 is 1.39 bits per heavy atom. The van der Waals surface area contributed by atoms with Gasteiger partial charge in [0.25, 0.3) is 0 Å². The van der Waals surface area contributed by atoms with E-state index in [9.17, 15) is 9.59 Å². The SMILES string of the molecule is COc1cc(Br)ccc1NC(=O)[C@@H]1[C@H]2C[C@H]3[C@H](OC(=O)[C@H]31)[C@H]2Br. The molecule has 0 radical (unpaired) electrons. The van der Waals surface area contributed by atoms with Crippen molar-refractivity contribution in [3.8, 4) is 5.75 Å². The minimum Gasteiger partial charge on any atom is -0.495 e. The maximum absolute atomic E-state index is 12.8. The zero-order valence-corrected chi connectivity index (χ0v) is 15.5. The second kappa shape index (κ2) is 5.48. The van der Waals surface area contributed by atoms with Gasteiger partial charge >= 0.3 is 5.97 Å². The number of benzene rings is 1. The lowest BCUT2D eigenvalue weighted by Gasteiger charge is -2.27. The van der Waals surface area contributed by atoms with Crippen molar-refractivity contribution < 1.29 is 19.1 Å². The number of esters is 1. The highest BCUT2D eigenvalue weighted by atomic mass is 79.9. The van der Waals surface area contributed by atoms with Gasteiger partial charge in [-0.3, -0.25) is 9.59 Å². The van der Waals surface area contributed by atoms with Crippen LogP contribution in [-0.2, 0) is 14.3 Å². The van der Waals surface area contributed by atoms with Gasteiger partial charge in [-0.15, -0.1) is 0 Å². The molecule has 4 rings (SSSR count). The molecule has 122 valence electrons. The fourth-order valence-corrected chi connectivity index (χ4v) is 5.70. The minimum atomic E-state index is -0.344. The van der Waals surface area contributed by atoms with Gasteiger partial charge in [0.05, 0.1) is 29.5 Å². The van der Waals surface area contributed by atoms with Crippen molar-refractivity contribution in [2.45, 2.75) is 17.4 Å². The predicted molar refractivity (Wildman–Crippen MR) is 90.5 cm³/mol. The van der Waals surface area contributed by atoms with Crippen molar-refractivity contribution in [3.63, 3.8) is 0 Å². The first-order valence-electron chi connectivity index (χ1n) is 7.50. The third-order valence-corrected chi connectivity index (χ3v) is 6.94. The molecule has 5 nitrogen and oxygen atoms in total. The van der Waals surface area contributed by atoms with Crippen LogP contribution < -0.4 is 10.1 Å². The Kier molecular flexibility index (Phi) is 3.68. The molecule has 1 aromatic carbocycles. The van der Waals surface area contributed by atoms with Crippen LogP contribution in [0.25, 0.3) is 0 Å². The smallest absolute Gasteiger partial charge is 0.310 e. The van der Waals surface area contributed by atoms with Gasteiger partial charge in [-0.25, -0.2) is 0 Å². The van der Waals surface area contributed by atoms with Crippen LogP contribution in [0.4, 0.5) is 5.69 Å². The standard InChI is InChI=1S/C16H15Br2NO4/c1-22-10-4-6(17)2-3-9(10)19-15(20)11-7-5-8-12(11)16(21)23-14(8)13(7)18/h2-4,7-8,11-14H,5H2,1H3,(H,19,20)/t7-,8-,11-,12-,13+,14+/m1/s1. The summed E-state index contributed by atoms with van der Waals surface area (Å²) in [6.07, 6.45) is 0.802. The fraction of sp³-hybridized carbons (Fsp3) is 0.500. The quantitative estimate of drug-likeness (QED) is 0.575. The molecule has 2 saturated carbocycles. The Morgan fingerprint density at radius 3 is 2.91 bits per heavy atom. The van der Waals surface area contributed by atoms with Gasteiger partial charge < -0.3 is 14.8 Å². The van der Waals surface area contributed by atoms with Gasteiger partial charge in [-0.05, 0) is 30.5 Å². The highest BCUT2D eigenvalue weighted by Gasteiger charge is 2.67. The summed E-state index contributed by atoms with van der Waals surface area (Å²) in [7, 11) is 1.56. The maximum Gasteiger partial charge on any atom is 0.310 e. The summed E-state index contributed by atoms with van der Waals surface area (Å²) in [5.74, 6) is -0.123. The molecule has 1 aliphatic heterocycles. The van der Waals surface area contributed by atoms with E-state index in [1.54, 1.807) is 19.2 Å². The fourth-order valence-electron chi connectivity index (χ4n) is 4.31. The summed E-state index contributed by atoms with van der Waals surface area (Å²) < 4.78 is 11.6. The zero-order chi connectivity index (χ0) is 16.3. The average Bonchev–Trinajstić information content (AvgIpc) is 3.13. The van der Waals surface area contributed by atoms with Crippen LogP contribution >= 0.6 is 31.9 Å². The topological polar surface area (TPSA) is 64.6 Å². The first kappa shape index (κ1) is 15.4. The van der Waals surface area contributed by atoms with Gasteiger partial charge in [-0.1, -0.05) is 31.9 Å². The molecule has 2 bridgehead atoms. The Bertz CT molecular complexity index is 695. The number of methoxy groups -OCH3 is 1. The first-order valence-corrected chi connectivity index (χ1v) is 9.21. The molecule has 0 aromatic heterocycles. The molecule has 0 unspecified atom stereocenters. The predicted octanol–water partition coefficient (Wildman–Crippen LogP) is 2.97. The monoisotopic (exact) mass is 443 g/mol. The molecule has 2 aliphatic carbocycles. The van der Waals surface area contributed by atoms with Crippen molar-refractivity contribution in [1.82, 2.24) is 0 Å². The summed E-state index contributed by atoms with van der Waals surface area (Å²) in [6.45, 7) is 0. The number of anilines is 1. The summed E-state index contributed by atoms with van der Waals surface area (Å²) in [4.78, 5) is 25.0. The first-order chi connectivity index (χ1) is 11.0. The molecule has 3 fully saturated rings. The highest BCUT2D eigenvalue weighted by molar-refractivity contribution is 9.10. The van der Waals surface area contributed by atoms with E-state index in [2.05, 4.69) is 37.2 Å². The number of amides is 1. The molecular formula is C16H15Br2NO4. The van der Waals surface area contributed by atoms with Gasteiger partial charge in [0, 0.05) is 10.4 Å². The highest BCUT2D eigenvalue weighted by Crippen LogP contribution is 2.60. The van der Waals surface area contributed by atoms with Gasteiger partial charge in [-0.2, -0.15) is 0 Å². The molecule has 23 heavy (non-hydrogen) atoms. The average molecular weight is 445 g/mol. The molecular weight excluding hydrogens is 430 g/mol. The number of hydrogen-bond donors (Lipinski definition) is 1. The lowest BCUT2D eigenvalue weighted by Crippen LogP contribution is -2.40. The number of hydrogen-bond acceptors (Lipinski definition) is 4. The number of carbonyl (C=O) groups excluding carboxylic acids is 2. The van der Waals surface area contributed by atoms with Crippen LogP contribution in [0.15, 0.2) is 22.7 Å². The summed E-state index contributed by atoms with van der Waals surface area (Å²) in [5, 5.41) is 2.93. The summed E-state index contributed by atoms with van der Waals surface area (Å²) in [6, 6.07) is 5.42. The Morgan fingerprint density at radius 2 is 2.17 bits per heavy atom. The second-order valence-corrected chi connectivity index (χ2v) is 8.27. The molecule has 1 N–H and O–H groups in total. The van der Waals surface area contributed by atoms with E-state index in [1.165, 1.54) is 0 Å². The van der Waals surface area contributed by atoms with Gasteiger partial charge in [0.1, 0.15) is 11.9 Å². The van der Waals surface area contributed by atoms with Crippen LogP contribution in [0, 0.1) is 23.7 Å². The van der Waals surface area contributed by atoms with E-state index in [-0.39, 0.29) is 46.5 Å². The second-order valence-electron chi connectivity index (χ2n) is 6.29. The van der Waals surface area contributed by atoms with Gasteiger partial charge in [0.15, 0.2) is 0 Å². The number of carbonyl (C=O) groups is 2. The van der Waals surface area contributed by atoms with Crippen molar-refractivity contribution in [3.05, 3.63) is 22.7 Å². The van der Waals surface area contributed by atoms with E-state index in [4.69, 9.17) is 9.47 Å². The van der Waals surface area contributed by atoms with Crippen LogP contribution in [0.1, 0.15) is 6.42 Å². The molecule has 7 heteroatoms. The van der Waals surface area contributed by atoms with E-state index < -0.39 is 0 Å². The van der Waals surface area contributed by atoms with Crippen molar-refractivity contribution in [2.75, 3.05) is 12.4 Å². The van der Waals surface area contributed by atoms with E-state index >= 15 is 0 Å². The van der Waals surface area contributed by atoms with Crippen molar-refractivity contribution >= 4 is 49.4 Å². The van der Waals surface area contributed by atoms with Crippen LogP contribution in [0.5, 0.6) is 5.75 Å². The van der Waals surface area contributed by atoms with E-state index in [1.807, 2.05) is 6.07 Å². The largest absolute Gasteiger partial charge is 0.495 e. The number of nitrogens with one attached hydrogen (secondary N) is 1. The summed E-state index contributed by atoms with van der Waals surface area (Å²) in [5.41, 5.74) is 0.609.